The van der Waals surface area contributed by atoms with Crippen LogP contribution in [0.4, 0.5) is 4.79 Å². The van der Waals surface area contributed by atoms with Crippen LogP contribution >= 0.6 is 34.8 Å². The molecule has 1 aliphatic rings. The first-order valence-electron chi connectivity index (χ1n) is 8.78. The Morgan fingerprint density at radius 1 is 1.04 bits per heavy atom. The van der Waals surface area contributed by atoms with Gasteiger partial charge in [-0.15, -0.1) is 0 Å². The minimum atomic E-state index is -1.77. The molecule has 0 bridgehead atoms. The van der Waals surface area contributed by atoms with E-state index < -0.39 is 16.0 Å². The molecule has 0 radical (unpaired) electrons. The van der Waals surface area contributed by atoms with Gasteiger partial charge in [-0.25, -0.2) is 4.79 Å². The van der Waals surface area contributed by atoms with Gasteiger partial charge in [0.15, 0.2) is 6.10 Å². The number of carbonyl (C=O) groups excluding carboxylic acids is 1. The van der Waals surface area contributed by atoms with Gasteiger partial charge >= 0.3 is 6.09 Å². The van der Waals surface area contributed by atoms with Gasteiger partial charge < -0.3 is 10.1 Å². The van der Waals surface area contributed by atoms with Gasteiger partial charge in [-0.05, 0) is 36.0 Å². The molecular weight excluding hydrogens is 405 g/mol. The highest BCUT2D eigenvalue weighted by Crippen LogP contribution is 2.42. The van der Waals surface area contributed by atoms with Crippen molar-refractivity contribution in [3.8, 4) is 0 Å². The van der Waals surface area contributed by atoms with Gasteiger partial charge in [-0.1, -0.05) is 102 Å². The molecule has 0 aliphatic heterocycles. The van der Waals surface area contributed by atoms with Crippen molar-refractivity contribution in [2.45, 2.75) is 35.2 Å². The lowest BCUT2D eigenvalue weighted by Crippen LogP contribution is -2.37. The van der Waals surface area contributed by atoms with Crippen molar-refractivity contribution in [2.24, 2.45) is 0 Å². The third-order valence-electron chi connectivity index (χ3n) is 4.44. The Labute approximate surface area is 174 Å². The van der Waals surface area contributed by atoms with Crippen LogP contribution in [-0.4, -0.2) is 15.9 Å². The zero-order valence-electron chi connectivity index (χ0n) is 14.6. The minimum Gasteiger partial charge on any atom is -0.437 e. The number of benzene rings is 2. The summed E-state index contributed by atoms with van der Waals surface area (Å²) < 4.78 is 3.70. The Hall–Kier alpha value is -1.68. The Bertz CT molecular complexity index is 788. The first kappa shape index (κ1) is 20.1. The number of hydrogen-bond donors (Lipinski definition) is 1. The molecule has 1 amide bonds. The molecule has 2 aromatic rings. The van der Waals surface area contributed by atoms with Crippen LogP contribution in [0, 0.1) is 0 Å². The predicted octanol–water partition coefficient (Wildman–Crippen LogP) is 6.46. The van der Waals surface area contributed by atoms with Crippen molar-refractivity contribution in [1.82, 2.24) is 5.32 Å². The summed E-state index contributed by atoms with van der Waals surface area (Å²) in [6.07, 6.45) is 3.29. The molecule has 0 fully saturated rings. The fourth-order valence-corrected chi connectivity index (χ4v) is 3.68. The molecule has 142 valence electrons. The number of halogens is 3. The molecule has 1 N–H and O–H groups in total. The Balaban J connectivity index is 1.69. The van der Waals surface area contributed by atoms with Crippen LogP contribution in [0.15, 0.2) is 66.7 Å². The van der Waals surface area contributed by atoms with Crippen LogP contribution in [0.2, 0.25) is 0 Å². The number of allylic oxidation sites excluding steroid dienone is 1. The minimum absolute atomic E-state index is 0.117. The summed E-state index contributed by atoms with van der Waals surface area (Å²) in [5.41, 5.74) is 3.01. The van der Waals surface area contributed by atoms with E-state index in [1.165, 1.54) is 11.1 Å². The average molecular weight is 425 g/mol. The Morgan fingerprint density at radius 2 is 1.67 bits per heavy atom. The molecule has 0 aromatic heterocycles. The lowest BCUT2D eigenvalue weighted by Gasteiger charge is -2.27. The van der Waals surface area contributed by atoms with Crippen molar-refractivity contribution in [3.05, 3.63) is 77.9 Å². The molecular formula is C21H20Cl3NO2. The zero-order valence-corrected chi connectivity index (χ0v) is 16.8. The molecule has 6 heteroatoms. The Kier molecular flexibility index (Phi) is 6.69. The molecule has 0 heterocycles. The molecule has 3 nitrogen and oxygen atoms in total. The lowest BCUT2D eigenvalue weighted by molar-refractivity contribution is 0.0970. The summed E-state index contributed by atoms with van der Waals surface area (Å²) >= 11 is 18.1. The van der Waals surface area contributed by atoms with Crippen LogP contribution < -0.4 is 5.32 Å². The molecule has 0 spiro atoms. The zero-order chi connectivity index (χ0) is 19.3. The van der Waals surface area contributed by atoms with Crippen LogP contribution in [0.25, 0.3) is 5.57 Å². The molecule has 2 aromatic carbocycles. The molecule has 27 heavy (non-hydrogen) atoms. The highest BCUT2D eigenvalue weighted by atomic mass is 35.6. The average Bonchev–Trinajstić information content (AvgIpc) is 2.67. The van der Waals surface area contributed by atoms with E-state index in [0.717, 1.165) is 19.3 Å². The van der Waals surface area contributed by atoms with Gasteiger partial charge in [0.25, 0.3) is 0 Å². The third-order valence-corrected chi connectivity index (χ3v) is 5.03. The lowest BCUT2D eigenvalue weighted by atomic mass is 9.91. The Morgan fingerprint density at radius 3 is 2.30 bits per heavy atom. The first-order valence-corrected chi connectivity index (χ1v) is 9.92. The molecule has 0 saturated heterocycles. The summed E-state index contributed by atoms with van der Waals surface area (Å²) in [4.78, 5) is 12.4. The summed E-state index contributed by atoms with van der Waals surface area (Å²) in [7, 11) is 0. The van der Waals surface area contributed by atoms with Crippen molar-refractivity contribution in [1.29, 1.82) is 0 Å². The molecule has 2 atom stereocenters. The van der Waals surface area contributed by atoms with E-state index in [4.69, 9.17) is 39.5 Å². The second kappa shape index (κ2) is 9.01. The van der Waals surface area contributed by atoms with Crippen LogP contribution in [0.1, 0.15) is 36.5 Å². The monoisotopic (exact) mass is 423 g/mol. The van der Waals surface area contributed by atoms with E-state index in [2.05, 4.69) is 23.5 Å². The van der Waals surface area contributed by atoms with Crippen LogP contribution in [0.5, 0.6) is 0 Å². The number of alkyl carbamates (subject to hydrolysis) is 1. The first-order chi connectivity index (χ1) is 12.9. The van der Waals surface area contributed by atoms with E-state index in [9.17, 15) is 4.79 Å². The van der Waals surface area contributed by atoms with Crippen LogP contribution in [0.3, 0.4) is 0 Å². The number of rotatable bonds is 4. The predicted molar refractivity (Wildman–Crippen MR) is 111 cm³/mol. The number of amides is 1. The van der Waals surface area contributed by atoms with E-state index in [1.54, 1.807) is 24.3 Å². The van der Waals surface area contributed by atoms with Crippen molar-refractivity contribution in [2.75, 3.05) is 0 Å². The van der Waals surface area contributed by atoms with Gasteiger partial charge in [-0.3, -0.25) is 0 Å². The summed E-state index contributed by atoms with van der Waals surface area (Å²) in [5.74, 6) is 0. The van der Waals surface area contributed by atoms with E-state index in [-0.39, 0.29) is 6.04 Å². The largest absolute Gasteiger partial charge is 0.437 e. The van der Waals surface area contributed by atoms with Crippen molar-refractivity contribution >= 4 is 46.5 Å². The van der Waals surface area contributed by atoms with Crippen LogP contribution in [-0.2, 0) is 4.74 Å². The maximum atomic E-state index is 12.4. The summed E-state index contributed by atoms with van der Waals surface area (Å²) in [6.45, 7) is 0. The van der Waals surface area contributed by atoms with Gasteiger partial charge in [0, 0.05) is 0 Å². The fraction of sp³-hybridized carbons (Fsp3) is 0.286. The highest BCUT2D eigenvalue weighted by Gasteiger charge is 2.37. The standard InChI is InChI=1S/C21H20Cl3NO2/c22-21(23,24)19(16-10-5-2-6-11-16)27-20(26)25-18-13-7-12-17(14-18)15-8-3-1-4-9-15/h1-6,8-11,14,18-19H,7,12-13H2,(H,25,26)/t18-,19-/m1/s1. The van der Waals surface area contributed by atoms with E-state index in [1.807, 2.05) is 24.3 Å². The fourth-order valence-electron chi connectivity index (χ4n) is 3.17. The third kappa shape index (κ3) is 5.65. The maximum absolute atomic E-state index is 12.4. The van der Waals surface area contributed by atoms with Gasteiger partial charge in [0.05, 0.1) is 6.04 Å². The SMILES string of the molecule is O=C(N[C@H]1C=C(c2ccccc2)CCC1)O[C@H](c1ccccc1)C(Cl)(Cl)Cl. The smallest absolute Gasteiger partial charge is 0.408 e. The van der Waals surface area contributed by atoms with Gasteiger partial charge in [-0.2, -0.15) is 0 Å². The number of ether oxygens (including phenoxy) is 1. The van der Waals surface area contributed by atoms with Gasteiger partial charge in [0.2, 0.25) is 3.79 Å². The second-order valence-electron chi connectivity index (χ2n) is 6.44. The highest BCUT2D eigenvalue weighted by molar-refractivity contribution is 6.68. The number of hydrogen-bond acceptors (Lipinski definition) is 2. The molecule has 0 unspecified atom stereocenters. The second-order valence-corrected chi connectivity index (χ2v) is 8.81. The molecule has 0 saturated carbocycles. The number of nitrogens with one attached hydrogen (secondary N) is 1. The molecule has 3 rings (SSSR count). The van der Waals surface area contributed by atoms with E-state index >= 15 is 0 Å². The van der Waals surface area contributed by atoms with Crippen molar-refractivity contribution < 1.29 is 9.53 Å². The molecule has 1 aliphatic carbocycles. The number of alkyl halides is 3. The van der Waals surface area contributed by atoms with E-state index in [0.29, 0.717) is 5.56 Å². The summed E-state index contributed by atoms with van der Waals surface area (Å²) in [6, 6.07) is 19.0. The summed E-state index contributed by atoms with van der Waals surface area (Å²) in [5, 5.41) is 2.88. The maximum Gasteiger partial charge on any atom is 0.408 e. The number of carbonyl (C=O) groups is 1. The van der Waals surface area contributed by atoms with Gasteiger partial charge in [0.1, 0.15) is 0 Å². The normalized spacial score (nSPS) is 18.3. The topological polar surface area (TPSA) is 38.3 Å². The quantitative estimate of drug-likeness (QED) is 0.572. The van der Waals surface area contributed by atoms with Crippen molar-refractivity contribution in [3.63, 3.8) is 0 Å².